The van der Waals surface area contributed by atoms with Crippen molar-refractivity contribution in [2.24, 2.45) is 5.92 Å². The van der Waals surface area contributed by atoms with E-state index in [1.807, 2.05) is 0 Å². The summed E-state index contributed by atoms with van der Waals surface area (Å²) < 4.78 is 40.5. The molecule has 1 N–H and O–H groups in total. The third-order valence-corrected chi connectivity index (χ3v) is 6.86. The first-order valence-corrected chi connectivity index (χ1v) is 10.5. The second kappa shape index (κ2) is 8.44. The summed E-state index contributed by atoms with van der Waals surface area (Å²) >= 11 is 5.79. The van der Waals surface area contributed by atoms with Gasteiger partial charge in [0.05, 0.1) is 15.5 Å². The van der Waals surface area contributed by atoms with Crippen molar-refractivity contribution in [1.29, 1.82) is 0 Å². The highest BCUT2D eigenvalue weighted by atomic mass is 35.5. The summed E-state index contributed by atoms with van der Waals surface area (Å²) in [5, 5.41) is 13.6. The van der Waals surface area contributed by atoms with Gasteiger partial charge >= 0.3 is 0 Å². The number of nitro benzene ring substituents is 1. The Hall–Kier alpha value is -2.56. The fourth-order valence-electron chi connectivity index (χ4n) is 3.07. The van der Waals surface area contributed by atoms with Gasteiger partial charge < -0.3 is 5.32 Å². The zero-order valence-corrected chi connectivity index (χ0v) is 16.6. The highest BCUT2D eigenvalue weighted by Crippen LogP contribution is 2.27. The SMILES string of the molecule is O=C(Nc1cc([N+](=O)[O-])ccc1F)C1CCN(S(=O)(=O)c2ccc(Cl)cc2)CC1. The number of sulfonamides is 1. The lowest BCUT2D eigenvalue weighted by molar-refractivity contribution is -0.384. The average molecular weight is 442 g/mol. The number of nitro groups is 1. The first-order chi connectivity index (χ1) is 13.7. The summed E-state index contributed by atoms with van der Waals surface area (Å²) in [4.78, 5) is 22.7. The van der Waals surface area contributed by atoms with Crippen LogP contribution in [0, 0.1) is 21.8 Å². The number of hydrogen-bond acceptors (Lipinski definition) is 5. The van der Waals surface area contributed by atoms with Gasteiger partial charge in [0, 0.05) is 36.2 Å². The normalized spacial score (nSPS) is 15.8. The molecule has 1 aliphatic rings. The van der Waals surface area contributed by atoms with E-state index in [9.17, 15) is 27.7 Å². The van der Waals surface area contributed by atoms with Crippen LogP contribution in [-0.4, -0.2) is 36.6 Å². The highest BCUT2D eigenvalue weighted by Gasteiger charge is 2.32. The number of halogens is 2. The van der Waals surface area contributed by atoms with Gasteiger partial charge in [-0.05, 0) is 43.2 Å². The molecule has 0 saturated carbocycles. The molecule has 1 saturated heterocycles. The molecule has 1 fully saturated rings. The molecule has 0 bridgehead atoms. The topological polar surface area (TPSA) is 110 Å². The van der Waals surface area contributed by atoms with E-state index in [1.165, 1.54) is 28.6 Å². The quantitative estimate of drug-likeness (QED) is 0.564. The number of carbonyl (C=O) groups excluding carboxylic acids is 1. The lowest BCUT2D eigenvalue weighted by atomic mass is 9.97. The summed E-state index contributed by atoms with van der Waals surface area (Å²) in [6.07, 6.45) is 0.490. The van der Waals surface area contributed by atoms with Crippen LogP contribution in [0.25, 0.3) is 0 Å². The van der Waals surface area contributed by atoms with E-state index in [2.05, 4.69) is 5.32 Å². The Labute approximate surface area is 171 Å². The molecule has 8 nitrogen and oxygen atoms in total. The number of piperidine rings is 1. The summed E-state index contributed by atoms with van der Waals surface area (Å²) in [6.45, 7) is 0.251. The van der Waals surface area contributed by atoms with Gasteiger partial charge in [0.1, 0.15) is 5.82 Å². The van der Waals surface area contributed by atoms with Crippen LogP contribution in [0.1, 0.15) is 12.8 Å². The summed E-state index contributed by atoms with van der Waals surface area (Å²) in [5.74, 6) is -1.83. The van der Waals surface area contributed by atoms with Crippen LogP contribution in [0.2, 0.25) is 5.02 Å². The van der Waals surface area contributed by atoms with Crippen LogP contribution in [0.15, 0.2) is 47.4 Å². The van der Waals surface area contributed by atoms with E-state index >= 15 is 0 Å². The summed E-state index contributed by atoms with van der Waals surface area (Å²) in [5.41, 5.74) is -0.619. The Balaban J connectivity index is 1.65. The molecule has 0 aliphatic carbocycles. The zero-order valence-electron chi connectivity index (χ0n) is 15.0. The number of benzene rings is 2. The van der Waals surface area contributed by atoms with Crippen molar-refractivity contribution in [3.05, 3.63) is 63.4 Å². The number of non-ortho nitro benzene ring substituents is 1. The fourth-order valence-corrected chi connectivity index (χ4v) is 4.67. The smallest absolute Gasteiger partial charge is 0.271 e. The zero-order chi connectivity index (χ0) is 21.2. The minimum Gasteiger partial charge on any atom is -0.323 e. The summed E-state index contributed by atoms with van der Waals surface area (Å²) in [7, 11) is -3.70. The van der Waals surface area contributed by atoms with Gasteiger partial charge in [0.25, 0.3) is 5.69 Å². The first-order valence-electron chi connectivity index (χ1n) is 8.69. The molecule has 0 aromatic heterocycles. The van der Waals surface area contributed by atoms with E-state index < -0.39 is 32.6 Å². The average Bonchev–Trinajstić information content (AvgIpc) is 2.70. The number of carbonyl (C=O) groups is 1. The molecule has 1 heterocycles. The fraction of sp³-hybridized carbons (Fsp3) is 0.278. The van der Waals surface area contributed by atoms with E-state index in [0.29, 0.717) is 5.02 Å². The Bertz CT molecular complexity index is 1040. The maximum atomic E-state index is 13.9. The number of rotatable bonds is 5. The van der Waals surface area contributed by atoms with Gasteiger partial charge in [0.15, 0.2) is 0 Å². The standard InChI is InChI=1S/C18H17ClFN3O5S/c19-13-1-4-15(5-2-13)29(27,28)22-9-7-12(8-10-22)18(24)21-17-11-14(23(25)26)3-6-16(17)20/h1-6,11-12H,7-10H2,(H,21,24). The summed E-state index contributed by atoms with van der Waals surface area (Å²) in [6, 6.07) is 8.68. The van der Waals surface area contributed by atoms with Crippen LogP contribution < -0.4 is 5.32 Å². The van der Waals surface area contributed by atoms with Gasteiger partial charge in [-0.3, -0.25) is 14.9 Å². The molecule has 0 unspecified atom stereocenters. The molecule has 29 heavy (non-hydrogen) atoms. The number of nitrogens with zero attached hydrogens (tertiary/aromatic N) is 2. The van der Waals surface area contributed by atoms with Crippen LogP contribution in [0.5, 0.6) is 0 Å². The van der Waals surface area contributed by atoms with Crippen molar-refractivity contribution in [3.8, 4) is 0 Å². The predicted octanol–water partition coefficient (Wildman–Crippen LogP) is 3.43. The first kappa shape index (κ1) is 21.2. The minimum absolute atomic E-state index is 0.114. The maximum absolute atomic E-state index is 13.9. The highest BCUT2D eigenvalue weighted by molar-refractivity contribution is 7.89. The van der Waals surface area contributed by atoms with Gasteiger partial charge in [-0.1, -0.05) is 11.6 Å². The molecule has 154 valence electrons. The number of hydrogen-bond donors (Lipinski definition) is 1. The van der Waals surface area contributed by atoms with Gasteiger partial charge in [0.2, 0.25) is 15.9 Å². The number of amides is 1. The molecule has 1 amide bonds. The lowest BCUT2D eigenvalue weighted by Crippen LogP contribution is -2.41. The van der Waals surface area contributed by atoms with Crippen LogP contribution >= 0.6 is 11.6 Å². The number of anilines is 1. The van der Waals surface area contributed by atoms with Crippen molar-refractivity contribution < 1.29 is 22.5 Å². The molecular weight excluding hydrogens is 425 g/mol. The minimum atomic E-state index is -3.70. The van der Waals surface area contributed by atoms with E-state index in [0.717, 1.165) is 18.2 Å². The van der Waals surface area contributed by atoms with Crippen molar-refractivity contribution in [2.45, 2.75) is 17.7 Å². The van der Waals surface area contributed by atoms with Crippen molar-refractivity contribution in [1.82, 2.24) is 4.31 Å². The Kier molecular flexibility index (Phi) is 6.15. The molecule has 11 heteroatoms. The molecule has 0 spiro atoms. The third kappa shape index (κ3) is 4.72. The lowest BCUT2D eigenvalue weighted by Gasteiger charge is -2.30. The number of nitrogens with one attached hydrogen (secondary N) is 1. The monoisotopic (exact) mass is 441 g/mol. The van der Waals surface area contributed by atoms with Crippen molar-refractivity contribution in [3.63, 3.8) is 0 Å². The van der Waals surface area contributed by atoms with Crippen LogP contribution in [0.4, 0.5) is 15.8 Å². The molecule has 3 rings (SSSR count). The van der Waals surface area contributed by atoms with Gasteiger partial charge in [-0.25, -0.2) is 12.8 Å². The van der Waals surface area contributed by atoms with Crippen molar-refractivity contribution in [2.75, 3.05) is 18.4 Å². The molecular formula is C18H17ClFN3O5S. The molecule has 2 aromatic rings. The second-order valence-electron chi connectivity index (χ2n) is 6.54. The van der Waals surface area contributed by atoms with E-state index in [-0.39, 0.29) is 42.2 Å². The van der Waals surface area contributed by atoms with Crippen LogP contribution in [0.3, 0.4) is 0 Å². The second-order valence-corrected chi connectivity index (χ2v) is 8.92. The van der Waals surface area contributed by atoms with Gasteiger partial charge in [-0.2, -0.15) is 4.31 Å². The van der Waals surface area contributed by atoms with Crippen molar-refractivity contribution >= 4 is 38.9 Å². The molecule has 1 aliphatic heterocycles. The van der Waals surface area contributed by atoms with E-state index in [1.54, 1.807) is 0 Å². The maximum Gasteiger partial charge on any atom is 0.271 e. The largest absolute Gasteiger partial charge is 0.323 e. The Morgan fingerprint density at radius 2 is 1.79 bits per heavy atom. The Morgan fingerprint density at radius 3 is 2.38 bits per heavy atom. The van der Waals surface area contributed by atoms with E-state index in [4.69, 9.17) is 11.6 Å². The Morgan fingerprint density at radius 1 is 1.17 bits per heavy atom. The predicted molar refractivity (Wildman–Crippen MR) is 105 cm³/mol. The molecule has 2 aromatic carbocycles. The molecule has 0 atom stereocenters. The van der Waals surface area contributed by atoms with Gasteiger partial charge in [-0.15, -0.1) is 0 Å². The van der Waals surface area contributed by atoms with Crippen LogP contribution in [-0.2, 0) is 14.8 Å². The third-order valence-electron chi connectivity index (χ3n) is 4.69. The molecule has 0 radical (unpaired) electrons.